The summed E-state index contributed by atoms with van der Waals surface area (Å²) in [7, 11) is 0. The maximum atomic E-state index is 12.2. The number of rotatable bonds is 5. The Balaban J connectivity index is 1.66. The average Bonchev–Trinajstić information content (AvgIpc) is 3.26. The first-order chi connectivity index (χ1) is 11.7. The number of amides is 1. The summed E-state index contributed by atoms with van der Waals surface area (Å²) in [6.07, 6.45) is 0.773. The van der Waals surface area contributed by atoms with Crippen molar-refractivity contribution in [2.75, 3.05) is 5.32 Å². The molecule has 0 aliphatic rings. The van der Waals surface area contributed by atoms with Crippen molar-refractivity contribution < 1.29 is 9.90 Å². The summed E-state index contributed by atoms with van der Waals surface area (Å²) in [6, 6.07) is 12.3. The molecule has 0 saturated heterocycles. The van der Waals surface area contributed by atoms with Crippen LogP contribution in [0.15, 0.2) is 48.0 Å². The standard InChI is InChI=1S/C16H13N5O2S/c17-8-11-3-1-4-12(7-11)18-16(23)13-9-21(20-19-13)10-14(22)15-5-2-6-24-15/h1-7,9,14,22H,10H2,(H,18,23)/t14-/m1/s1. The number of aliphatic hydroxyl groups is 1. The maximum Gasteiger partial charge on any atom is 0.277 e. The summed E-state index contributed by atoms with van der Waals surface area (Å²) in [5, 5.41) is 31.2. The lowest BCUT2D eigenvalue weighted by atomic mass is 10.2. The van der Waals surface area contributed by atoms with Crippen molar-refractivity contribution in [1.82, 2.24) is 15.0 Å². The predicted molar refractivity (Wildman–Crippen MR) is 88.4 cm³/mol. The predicted octanol–water partition coefficient (Wildman–Crippen LogP) is 2.20. The zero-order valence-corrected chi connectivity index (χ0v) is 13.3. The molecule has 0 unspecified atom stereocenters. The number of thiophene rings is 1. The molecule has 3 rings (SSSR count). The highest BCUT2D eigenvalue weighted by atomic mass is 32.1. The molecular formula is C16H13N5O2S. The molecule has 8 heteroatoms. The molecule has 2 aromatic heterocycles. The van der Waals surface area contributed by atoms with Crippen LogP contribution in [0.4, 0.5) is 5.69 Å². The third kappa shape index (κ3) is 3.65. The fourth-order valence-electron chi connectivity index (χ4n) is 2.10. The van der Waals surface area contributed by atoms with E-state index in [1.165, 1.54) is 22.2 Å². The number of carbonyl (C=O) groups excluding carboxylic acids is 1. The Hall–Kier alpha value is -3.02. The zero-order chi connectivity index (χ0) is 16.9. The van der Waals surface area contributed by atoms with Crippen LogP contribution < -0.4 is 5.32 Å². The highest BCUT2D eigenvalue weighted by Gasteiger charge is 2.14. The van der Waals surface area contributed by atoms with Gasteiger partial charge in [0.2, 0.25) is 0 Å². The molecule has 2 N–H and O–H groups in total. The zero-order valence-electron chi connectivity index (χ0n) is 12.5. The van der Waals surface area contributed by atoms with Gasteiger partial charge in [0.25, 0.3) is 5.91 Å². The fourth-order valence-corrected chi connectivity index (χ4v) is 2.80. The van der Waals surface area contributed by atoms with Gasteiger partial charge in [-0.3, -0.25) is 4.79 Å². The van der Waals surface area contributed by atoms with Crippen LogP contribution in [0.5, 0.6) is 0 Å². The molecule has 0 radical (unpaired) electrons. The van der Waals surface area contributed by atoms with E-state index in [2.05, 4.69) is 15.6 Å². The summed E-state index contributed by atoms with van der Waals surface area (Å²) in [5.74, 6) is -0.429. The molecule has 24 heavy (non-hydrogen) atoms. The second kappa shape index (κ2) is 7.04. The molecule has 1 atom stereocenters. The molecule has 1 aromatic carbocycles. The molecule has 0 bridgehead atoms. The minimum absolute atomic E-state index is 0.135. The summed E-state index contributed by atoms with van der Waals surface area (Å²) in [4.78, 5) is 13.0. The lowest BCUT2D eigenvalue weighted by molar-refractivity contribution is 0.102. The molecule has 120 valence electrons. The van der Waals surface area contributed by atoms with Gasteiger partial charge in [-0.05, 0) is 29.6 Å². The van der Waals surface area contributed by atoms with Crippen molar-refractivity contribution in [2.45, 2.75) is 12.6 Å². The molecule has 2 heterocycles. The third-order valence-electron chi connectivity index (χ3n) is 3.25. The average molecular weight is 339 g/mol. The van der Waals surface area contributed by atoms with E-state index in [1.54, 1.807) is 24.3 Å². The normalized spacial score (nSPS) is 11.7. The number of hydrogen-bond acceptors (Lipinski definition) is 6. The van der Waals surface area contributed by atoms with Gasteiger partial charge in [0.05, 0.1) is 24.4 Å². The highest BCUT2D eigenvalue weighted by molar-refractivity contribution is 7.10. The number of nitrogens with zero attached hydrogens (tertiary/aromatic N) is 4. The van der Waals surface area contributed by atoms with Crippen LogP contribution in [0.25, 0.3) is 0 Å². The van der Waals surface area contributed by atoms with Crippen LogP contribution in [0.2, 0.25) is 0 Å². The van der Waals surface area contributed by atoms with Crippen LogP contribution in [0.3, 0.4) is 0 Å². The van der Waals surface area contributed by atoms with Crippen molar-refractivity contribution >= 4 is 22.9 Å². The van der Waals surface area contributed by atoms with E-state index in [9.17, 15) is 9.90 Å². The lowest BCUT2D eigenvalue weighted by Gasteiger charge is -2.07. The van der Waals surface area contributed by atoms with Crippen molar-refractivity contribution in [3.05, 3.63) is 64.1 Å². The topological polar surface area (TPSA) is 104 Å². The molecule has 0 spiro atoms. The largest absolute Gasteiger partial charge is 0.386 e. The third-order valence-corrected chi connectivity index (χ3v) is 4.23. The molecule has 7 nitrogen and oxygen atoms in total. The van der Waals surface area contributed by atoms with Gasteiger partial charge in [-0.2, -0.15) is 5.26 Å². The number of carbonyl (C=O) groups is 1. The Kier molecular flexibility index (Phi) is 4.65. The Bertz CT molecular complexity index is 882. The Morgan fingerprint density at radius 1 is 1.42 bits per heavy atom. The van der Waals surface area contributed by atoms with Gasteiger partial charge >= 0.3 is 0 Å². The maximum absolute atomic E-state index is 12.2. The monoisotopic (exact) mass is 339 g/mol. The molecule has 1 amide bonds. The summed E-state index contributed by atoms with van der Waals surface area (Å²) in [6.45, 7) is 0.213. The fraction of sp³-hybridized carbons (Fsp3) is 0.125. The Morgan fingerprint density at radius 2 is 2.29 bits per heavy atom. The summed E-state index contributed by atoms with van der Waals surface area (Å²) in [5.41, 5.74) is 1.10. The second-order valence-corrected chi connectivity index (χ2v) is 5.98. The molecular weight excluding hydrogens is 326 g/mol. The minimum Gasteiger partial charge on any atom is -0.386 e. The van der Waals surface area contributed by atoms with Crippen LogP contribution in [-0.4, -0.2) is 26.0 Å². The first-order valence-corrected chi connectivity index (χ1v) is 7.97. The minimum atomic E-state index is -0.699. The Morgan fingerprint density at radius 3 is 3.04 bits per heavy atom. The van der Waals surface area contributed by atoms with Gasteiger partial charge < -0.3 is 10.4 Å². The first kappa shape index (κ1) is 15.9. The van der Waals surface area contributed by atoms with E-state index in [0.717, 1.165) is 4.88 Å². The lowest BCUT2D eigenvalue weighted by Crippen LogP contribution is -2.12. The first-order valence-electron chi connectivity index (χ1n) is 7.09. The van der Waals surface area contributed by atoms with E-state index in [0.29, 0.717) is 11.3 Å². The number of aliphatic hydroxyl groups excluding tert-OH is 1. The van der Waals surface area contributed by atoms with Gasteiger partial charge in [-0.15, -0.1) is 16.4 Å². The molecule has 0 aliphatic carbocycles. The van der Waals surface area contributed by atoms with E-state index in [4.69, 9.17) is 5.26 Å². The summed E-state index contributed by atoms with van der Waals surface area (Å²) < 4.78 is 1.42. The van der Waals surface area contributed by atoms with Crippen LogP contribution in [-0.2, 0) is 6.54 Å². The Labute approximate surface area is 141 Å². The van der Waals surface area contributed by atoms with E-state index < -0.39 is 12.0 Å². The molecule has 0 aliphatic heterocycles. The van der Waals surface area contributed by atoms with Crippen molar-refractivity contribution in [3.8, 4) is 6.07 Å². The number of hydrogen-bond donors (Lipinski definition) is 2. The number of nitriles is 1. The SMILES string of the molecule is N#Cc1cccc(NC(=O)c2cn(C[C@@H](O)c3cccs3)nn2)c1. The summed E-state index contributed by atoms with van der Waals surface area (Å²) >= 11 is 1.45. The van der Waals surface area contributed by atoms with Gasteiger partial charge in [0.15, 0.2) is 5.69 Å². The van der Waals surface area contributed by atoms with Crippen LogP contribution in [0, 0.1) is 11.3 Å². The highest BCUT2D eigenvalue weighted by Crippen LogP contribution is 2.20. The number of nitrogens with one attached hydrogen (secondary N) is 1. The molecule has 0 saturated carbocycles. The van der Waals surface area contributed by atoms with Crippen molar-refractivity contribution in [1.29, 1.82) is 5.26 Å². The quantitative estimate of drug-likeness (QED) is 0.741. The van der Waals surface area contributed by atoms with E-state index in [1.807, 2.05) is 23.6 Å². The van der Waals surface area contributed by atoms with Gasteiger partial charge in [-0.1, -0.05) is 17.3 Å². The van der Waals surface area contributed by atoms with Crippen molar-refractivity contribution in [2.24, 2.45) is 0 Å². The molecule has 0 fully saturated rings. The number of aromatic nitrogens is 3. The van der Waals surface area contributed by atoms with Crippen molar-refractivity contribution in [3.63, 3.8) is 0 Å². The van der Waals surface area contributed by atoms with Gasteiger partial charge in [0.1, 0.15) is 6.10 Å². The van der Waals surface area contributed by atoms with Crippen LogP contribution in [0.1, 0.15) is 27.0 Å². The smallest absolute Gasteiger partial charge is 0.277 e. The number of benzene rings is 1. The van der Waals surface area contributed by atoms with E-state index in [-0.39, 0.29) is 12.2 Å². The number of anilines is 1. The van der Waals surface area contributed by atoms with E-state index >= 15 is 0 Å². The molecule has 3 aromatic rings. The van der Waals surface area contributed by atoms with Crippen LogP contribution >= 0.6 is 11.3 Å². The van der Waals surface area contributed by atoms with Gasteiger partial charge in [0, 0.05) is 10.6 Å². The second-order valence-electron chi connectivity index (χ2n) is 5.00. The van der Waals surface area contributed by atoms with Gasteiger partial charge in [-0.25, -0.2) is 4.68 Å².